The third-order valence-corrected chi connectivity index (χ3v) is 4.23. The first kappa shape index (κ1) is 11.4. The molecule has 3 unspecified atom stereocenters. The van der Waals surface area contributed by atoms with Gasteiger partial charge in [-0.05, 0) is 31.6 Å². The van der Waals surface area contributed by atoms with Crippen molar-refractivity contribution in [3.63, 3.8) is 0 Å². The fourth-order valence-corrected chi connectivity index (χ4v) is 2.20. The first-order valence-corrected chi connectivity index (χ1v) is 6.11. The zero-order valence-electron chi connectivity index (χ0n) is 9.83. The molecule has 88 valence electrons. The SMILES string of the molecule is CC(NCC(O)C1CCOC1)C1(C)CC1. The summed E-state index contributed by atoms with van der Waals surface area (Å²) >= 11 is 0. The standard InChI is InChI=1S/C12H23NO2/c1-9(12(2)4-5-12)13-7-11(14)10-3-6-15-8-10/h9-11,13-14H,3-8H2,1-2H3. The molecule has 2 fully saturated rings. The number of rotatable bonds is 5. The van der Waals surface area contributed by atoms with Crippen LogP contribution >= 0.6 is 0 Å². The van der Waals surface area contributed by atoms with Crippen LogP contribution in [0.3, 0.4) is 0 Å². The summed E-state index contributed by atoms with van der Waals surface area (Å²) < 4.78 is 5.28. The van der Waals surface area contributed by atoms with E-state index < -0.39 is 0 Å². The summed E-state index contributed by atoms with van der Waals surface area (Å²) in [4.78, 5) is 0. The van der Waals surface area contributed by atoms with Crippen LogP contribution in [0.5, 0.6) is 0 Å². The van der Waals surface area contributed by atoms with Crippen molar-refractivity contribution >= 4 is 0 Å². The van der Waals surface area contributed by atoms with Crippen LogP contribution in [-0.2, 0) is 4.74 Å². The minimum Gasteiger partial charge on any atom is -0.391 e. The molecule has 3 atom stereocenters. The van der Waals surface area contributed by atoms with Crippen LogP contribution < -0.4 is 5.32 Å². The van der Waals surface area contributed by atoms with Crippen LogP contribution in [0, 0.1) is 11.3 Å². The number of aliphatic hydroxyl groups is 1. The highest BCUT2D eigenvalue weighted by Crippen LogP contribution is 2.47. The van der Waals surface area contributed by atoms with Gasteiger partial charge < -0.3 is 15.2 Å². The Morgan fingerprint density at radius 2 is 2.27 bits per heavy atom. The van der Waals surface area contributed by atoms with Gasteiger partial charge in [0.15, 0.2) is 0 Å². The second-order valence-corrected chi connectivity index (χ2v) is 5.47. The zero-order chi connectivity index (χ0) is 10.9. The Kier molecular flexibility index (Phi) is 3.33. The summed E-state index contributed by atoms with van der Waals surface area (Å²) in [6.45, 7) is 6.80. The molecule has 3 heteroatoms. The molecular weight excluding hydrogens is 190 g/mol. The average molecular weight is 213 g/mol. The van der Waals surface area contributed by atoms with E-state index in [1.54, 1.807) is 0 Å². The molecule has 0 bridgehead atoms. The molecule has 1 aliphatic heterocycles. The summed E-state index contributed by atoms with van der Waals surface area (Å²) in [6.07, 6.45) is 3.42. The lowest BCUT2D eigenvalue weighted by atomic mass is 9.98. The highest BCUT2D eigenvalue weighted by atomic mass is 16.5. The molecule has 0 amide bonds. The zero-order valence-corrected chi connectivity index (χ0v) is 9.83. The van der Waals surface area contributed by atoms with E-state index in [-0.39, 0.29) is 6.10 Å². The molecular formula is C12H23NO2. The maximum absolute atomic E-state index is 9.94. The number of ether oxygens (including phenoxy) is 1. The first-order valence-electron chi connectivity index (χ1n) is 6.11. The molecule has 0 aromatic carbocycles. The third kappa shape index (κ3) is 2.71. The highest BCUT2D eigenvalue weighted by molar-refractivity contribution is 4.96. The molecule has 3 nitrogen and oxygen atoms in total. The Morgan fingerprint density at radius 3 is 2.80 bits per heavy atom. The quantitative estimate of drug-likeness (QED) is 0.720. The van der Waals surface area contributed by atoms with E-state index in [0.717, 1.165) is 19.6 Å². The lowest BCUT2D eigenvalue weighted by Crippen LogP contribution is -2.41. The second kappa shape index (κ2) is 4.40. The van der Waals surface area contributed by atoms with E-state index in [2.05, 4.69) is 19.2 Å². The van der Waals surface area contributed by atoms with Crippen molar-refractivity contribution in [1.29, 1.82) is 0 Å². The van der Waals surface area contributed by atoms with Crippen molar-refractivity contribution in [3.05, 3.63) is 0 Å². The van der Waals surface area contributed by atoms with Crippen LogP contribution in [0.4, 0.5) is 0 Å². The summed E-state index contributed by atoms with van der Waals surface area (Å²) in [6, 6.07) is 0.523. The lowest BCUT2D eigenvalue weighted by Gasteiger charge is -2.24. The first-order chi connectivity index (χ1) is 7.12. The van der Waals surface area contributed by atoms with Crippen LogP contribution in [0.25, 0.3) is 0 Å². The van der Waals surface area contributed by atoms with E-state index >= 15 is 0 Å². The number of hydrogen-bond donors (Lipinski definition) is 2. The second-order valence-electron chi connectivity index (χ2n) is 5.47. The van der Waals surface area contributed by atoms with Crippen molar-refractivity contribution in [3.8, 4) is 0 Å². The summed E-state index contributed by atoms with van der Waals surface area (Å²) in [5.41, 5.74) is 0.492. The Labute approximate surface area is 92.2 Å². The molecule has 2 aliphatic rings. The summed E-state index contributed by atoms with van der Waals surface area (Å²) in [5.74, 6) is 0.344. The van der Waals surface area contributed by atoms with E-state index in [1.165, 1.54) is 12.8 Å². The van der Waals surface area contributed by atoms with Gasteiger partial charge >= 0.3 is 0 Å². The summed E-state index contributed by atoms with van der Waals surface area (Å²) in [5, 5.41) is 13.4. The molecule has 1 aliphatic carbocycles. The fraction of sp³-hybridized carbons (Fsp3) is 1.00. The predicted octanol–water partition coefficient (Wildman–Crippen LogP) is 1.16. The van der Waals surface area contributed by atoms with Crippen LogP contribution in [0.1, 0.15) is 33.1 Å². The molecule has 1 saturated heterocycles. The molecule has 1 heterocycles. The number of aliphatic hydroxyl groups excluding tert-OH is 1. The largest absolute Gasteiger partial charge is 0.391 e. The molecule has 1 saturated carbocycles. The van der Waals surface area contributed by atoms with Crippen molar-refractivity contribution in [2.75, 3.05) is 19.8 Å². The molecule has 2 N–H and O–H groups in total. The molecule has 15 heavy (non-hydrogen) atoms. The Balaban J connectivity index is 1.68. The lowest BCUT2D eigenvalue weighted by molar-refractivity contribution is 0.0865. The van der Waals surface area contributed by atoms with Gasteiger partial charge in [-0.25, -0.2) is 0 Å². The van der Waals surface area contributed by atoms with Crippen LogP contribution in [0.2, 0.25) is 0 Å². The molecule has 0 aromatic heterocycles. The topological polar surface area (TPSA) is 41.5 Å². The monoisotopic (exact) mass is 213 g/mol. The Bertz CT molecular complexity index is 210. The fourth-order valence-electron chi connectivity index (χ4n) is 2.20. The van der Waals surface area contributed by atoms with Crippen LogP contribution in [0.15, 0.2) is 0 Å². The third-order valence-electron chi connectivity index (χ3n) is 4.23. The minimum atomic E-state index is -0.239. The van der Waals surface area contributed by atoms with Crippen molar-refractivity contribution in [2.24, 2.45) is 11.3 Å². The smallest absolute Gasteiger partial charge is 0.0715 e. The maximum atomic E-state index is 9.94. The highest BCUT2D eigenvalue weighted by Gasteiger charge is 2.42. The Morgan fingerprint density at radius 1 is 1.53 bits per heavy atom. The summed E-state index contributed by atoms with van der Waals surface area (Å²) in [7, 11) is 0. The van der Waals surface area contributed by atoms with E-state index in [9.17, 15) is 5.11 Å². The molecule has 0 aromatic rings. The number of hydrogen-bond acceptors (Lipinski definition) is 3. The van der Waals surface area contributed by atoms with Crippen LogP contribution in [-0.4, -0.2) is 37.0 Å². The van der Waals surface area contributed by atoms with Gasteiger partial charge in [0.05, 0.1) is 12.7 Å². The van der Waals surface area contributed by atoms with E-state index in [1.807, 2.05) is 0 Å². The maximum Gasteiger partial charge on any atom is 0.0715 e. The molecule has 0 spiro atoms. The van der Waals surface area contributed by atoms with Gasteiger partial charge in [0, 0.05) is 25.1 Å². The van der Waals surface area contributed by atoms with Crippen molar-refractivity contribution in [1.82, 2.24) is 5.32 Å². The minimum absolute atomic E-state index is 0.239. The van der Waals surface area contributed by atoms with Crippen molar-refractivity contribution < 1.29 is 9.84 Å². The predicted molar refractivity (Wildman–Crippen MR) is 59.7 cm³/mol. The van der Waals surface area contributed by atoms with Gasteiger partial charge in [-0.3, -0.25) is 0 Å². The van der Waals surface area contributed by atoms with Crippen molar-refractivity contribution in [2.45, 2.75) is 45.3 Å². The van der Waals surface area contributed by atoms with Gasteiger partial charge in [0.25, 0.3) is 0 Å². The Hall–Kier alpha value is -0.120. The van der Waals surface area contributed by atoms with E-state index in [4.69, 9.17) is 4.74 Å². The van der Waals surface area contributed by atoms with Gasteiger partial charge in [-0.15, -0.1) is 0 Å². The average Bonchev–Trinajstić information content (AvgIpc) is 2.79. The normalized spacial score (nSPS) is 32.6. The van der Waals surface area contributed by atoms with Gasteiger partial charge in [-0.2, -0.15) is 0 Å². The number of nitrogens with one attached hydrogen (secondary N) is 1. The van der Waals surface area contributed by atoms with Gasteiger partial charge in [0.1, 0.15) is 0 Å². The molecule has 2 rings (SSSR count). The van der Waals surface area contributed by atoms with Gasteiger partial charge in [-0.1, -0.05) is 6.92 Å². The van der Waals surface area contributed by atoms with E-state index in [0.29, 0.717) is 23.9 Å². The molecule has 0 radical (unpaired) electrons. The van der Waals surface area contributed by atoms with Gasteiger partial charge in [0.2, 0.25) is 0 Å².